The first-order chi connectivity index (χ1) is 11.8. The lowest BCUT2D eigenvalue weighted by molar-refractivity contribution is -0.137. The first kappa shape index (κ1) is 19.2. The van der Waals surface area contributed by atoms with E-state index < -0.39 is 10.0 Å². The zero-order valence-electron chi connectivity index (χ0n) is 14.4. The van der Waals surface area contributed by atoms with Crippen molar-refractivity contribution < 1.29 is 22.7 Å². The molecule has 0 aliphatic carbocycles. The van der Waals surface area contributed by atoms with Crippen LogP contribution in [0.2, 0.25) is 0 Å². The van der Waals surface area contributed by atoms with Gasteiger partial charge in [-0.1, -0.05) is 0 Å². The summed E-state index contributed by atoms with van der Waals surface area (Å²) in [5.41, 5.74) is 0. The van der Waals surface area contributed by atoms with E-state index in [4.69, 9.17) is 4.74 Å². The number of benzene rings is 1. The highest BCUT2D eigenvalue weighted by Crippen LogP contribution is 2.15. The predicted octanol–water partition coefficient (Wildman–Crippen LogP) is 0.0543. The van der Waals surface area contributed by atoms with E-state index in [2.05, 4.69) is 4.72 Å². The molecule has 0 radical (unpaired) electrons. The fourth-order valence-corrected chi connectivity index (χ4v) is 3.48. The van der Waals surface area contributed by atoms with Gasteiger partial charge in [-0.25, -0.2) is 13.1 Å². The molecule has 1 aromatic rings. The Morgan fingerprint density at radius 3 is 2.16 bits per heavy atom. The van der Waals surface area contributed by atoms with Gasteiger partial charge in [-0.3, -0.25) is 9.59 Å². The van der Waals surface area contributed by atoms with Crippen LogP contribution in [0.15, 0.2) is 29.2 Å². The molecule has 1 N–H and O–H groups in total. The molecule has 0 saturated carbocycles. The van der Waals surface area contributed by atoms with Crippen molar-refractivity contribution in [1.82, 2.24) is 14.5 Å². The summed E-state index contributed by atoms with van der Waals surface area (Å²) >= 11 is 0. The van der Waals surface area contributed by atoms with E-state index >= 15 is 0 Å². The smallest absolute Gasteiger partial charge is 0.241 e. The van der Waals surface area contributed by atoms with Crippen molar-refractivity contribution in [2.75, 3.05) is 39.3 Å². The maximum Gasteiger partial charge on any atom is 0.241 e. The number of carbonyl (C=O) groups is 2. The Bertz CT molecular complexity index is 710. The minimum atomic E-state index is -3.77. The number of nitrogens with zero attached hydrogens (tertiary/aromatic N) is 2. The van der Waals surface area contributed by atoms with Crippen molar-refractivity contribution in [3.05, 3.63) is 24.3 Å². The number of rotatable bonds is 6. The van der Waals surface area contributed by atoms with Crippen LogP contribution in [-0.2, 0) is 19.6 Å². The van der Waals surface area contributed by atoms with Crippen LogP contribution in [0.3, 0.4) is 0 Å². The first-order valence-corrected chi connectivity index (χ1v) is 9.57. The van der Waals surface area contributed by atoms with Gasteiger partial charge in [0.05, 0.1) is 18.0 Å². The number of ether oxygens (including phenoxy) is 1. The summed E-state index contributed by atoms with van der Waals surface area (Å²) < 4.78 is 32.1. The normalized spacial score (nSPS) is 15.1. The molecule has 0 bridgehead atoms. The maximum absolute atomic E-state index is 12.3. The standard InChI is InChI=1S/C16H23N3O5S/c1-3-24-14-4-6-15(7-5-14)25(22,23)17-12-16(21)19-10-8-18(9-11-19)13(2)20/h4-7,17H,3,8-12H2,1-2H3. The van der Waals surface area contributed by atoms with Crippen LogP contribution in [0.1, 0.15) is 13.8 Å². The lowest BCUT2D eigenvalue weighted by Crippen LogP contribution is -2.52. The second-order valence-corrected chi connectivity index (χ2v) is 7.38. The molecule has 8 nitrogen and oxygen atoms in total. The highest BCUT2D eigenvalue weighted by atomic mass is 32.2. The Kier molecular flexibility index (Phi) is 6.38. The van der Waals surface area contributed by atoms with Crippen molar-refractivity contribution >= 4 is 21.8 Å². The van der Waals surface area contributed by atoms with Crippen LogP contribution in [0.25, 0.3) is 0 Å². The summed E-state index contributed by atoms with van der Waals surface area (Å²) in [6.07, 6.45) is 0. The molecule has 0 spiro atoms. The molecule has 0 atom stereocenters. The Morgan fingerprint density at radius 2 is 1.64 bits per heavy atom. The van der Waals surface area contributed by atoms with Crippen LogP contribution < -0.4 is 9.46 Å². The van der Waals surface area contributed by atoms with Gasteiger partial charge in [0.25, 0.3) is 0 Å². The van der Waals surface area contributed by atoms with Gasteiger partial charge < -0.3 is 14.5 Å². The van der Waals surface area contributed by atoms with Crippen LogP contribution in [-0.4, -0.2) is 69.4 Å². The number of carbonyl (C=O) groups excluding carboxylic acids is 2. The third kappa shape index (κ3) is 5.17. The van der Waals surface area contributed by atoms with Crippen LogP contribution >= 0.6 is 0 Å². The summed E-state index contributed by atoms with van der Waals surface area (Å²) in [6.45, 7) is 5.26. The summed E-state index contributed by atoms with van der Waals surface area (Å²) in [5.74, 6) is 0.252. The van der Waals surface area contributed by atoms with Gasteiger partial charge in [0.1, 0.15) is 5.75 Å². The Hall–Kier alpha value is -2.13. The van der Waals surface area contributed by atoms with E-state index in [0.29, 0.717) is 38.5 Å². The Balaban J connectivity index is 1.89. The molecule has 1 aliphatic rings. The SMILES string of the molecule is CCOc1ccc(S(=O)(=O)NCC(=O)N2CCN(C(C)=O)CC2)cc1. The highest BCUT2D eigenvalue weighted by Gasteiger charge is 2.23. The van der Waals surface area contributed by atoms with Crippen molar-refractivity contribution in [2.45, 2.75) is 18.7 Å². The quantitative estimate of drug-likeness (QED) is 0.765. The van der Waals surface area contributed by atoms with Gasteiger partial charge in [0.15, 0.2) is 0 Å². The van der Waals surface area contributed by atoms with E-state index in [1.54, 1.807) is 21.9 Å². The van der Waals surface area contributed by atoms with Gasteiger partial charge in [-0.15, -0.1) is 0 Å². The second kappa shape index (κ2) is 8.30. The van der Waals surface area contributed by atoms with E-state index in [1.165, 1.54) is 19.1 Å². The van der Waals surface area contributed by atoms with Crippen molar-refractivity contribution in [3.63, 3.8) is 0 Å². The monoisotopic (exact) mass is 369 g/mol. The number of sulfonamides is 1. The Morgan fingerprint density at radius 1 is 1.08 bits per heavy atom. The maximum atomic E-state index is 12.3. The summed E-state index contributed by atoms with van der Waals surface area (Å²) in [4.78, 5) is 26.7. The molecule has 1 saturated heterocycles. The zero-order chi connectivity index (χ0) is 18.4. The molecule has 2 rings (SSSR count). The van der Waals surface area contributed by atoms with Crippen LogP contribution in [0, 0.1) is 0 Å². The van der Waals surface area contributed by atoms with Gasteiger partial charge in [-0.2, -0.15) is 0 Å². The lowest BCUT2D eigenvalue weighted by atomic mass is 10.3. The van der Waals surface area contributed by atoms with E-state index in [1.807, 2.05) is 6.92 Å². The fourth-order valence-electron chi connectivity index (χ4n) is 2.50. The fraction of sp³-hybridized carbons (Fsp3) is 0.500. The van der Waals surface area contributed by atoms with Crippen LogP contribution in [0.5, 0.6) is 5.75 Å². The van der Waals surface area contributed by atoms with E-state index in [0.717, 1.165) is 0 Å². The van der Waals surface area contributed by atoms with E-state index in [9.17, 15) is 18.0 Å². The molecular weight excluding hydrogens is 346 g/mol. The first-order valence-electron chi connectivity index (χ1n) is 8.09. The largest absolute Gasteiger partial charge is 0.494 e. The minimum Gasteiger partial charge on any atom is -0.494 e. The molecule has 0 aromatic heterocycles. The molecular formula is C16H23N3O5S. The third-order valence-electron chi connectivity index (χ3n) is 3.94. The molecule has 0 unspecified atom stereocenters. The second-order valence-electron chi connectivity index (χ2n) is 5.62. The number of hydrogen-bond acceptors (Lipinski definition) is 5. The van der Waals surface area contributed by atoms with E-state index in [-0.39, 0.29) is 23.3 Å². The van der Waals surface area contributed by atoms with Crippen molar-refractivity contribution in [1.29, 1.82) is 0 Å². The summed E-state index contributed by atoms with van der Waals surface area (Å²) in [5, 5.41) is 0. The highest BCUT2D eigenvalue weighted by molar-refractivity contribution is 7.89. The summed E-state index contributed by atoms with van der Waals surface area (Å²) in [6, 6.07) is 6.01. The molecule has 138 valence electrons. The summed E-state index contributed by atoms with van der Waals surface area (Å²) in [7, 11) is -3.77. The number of piperazine rings is 1. The van der Waals surface area contributed by atoms with Gasteiger partial charge in [0, 0.05) is 33.1 Å². The third-order valence-corrected chi connectivity index (χ3v) is 5.35. The lowest BCUT2D eigenvalue weighted by Gasteiger charge is -2.34. The number of hydrogen-bond donors (Lipinski definition) is 1. The molecule has 1 fully saturated rings. The molecule has 1 aliphatic heterocycles. The average Bonchev–Trinajstić information content (AvgIpc) is 2.60. The average molecular weight is 369 g/mol. The minimum absolute atomic E-state index is 0.0247. The van der Waals surface area contributed by atoms with Crippen molar-refractivity contribution in [3.8, 4) is 5.75 Å². The molecule has 25 heavy (non-hydrogen) atoms. The topological polar surface area (TPSA) is 96.0 Å². The number of nitrogens with one attached hydrogen (secondary N) is 1. The molecule has 9 heteroatoms. The predicted molar refractivity (Wildman–Crippen MR) is 91.6 cm³/mol. The van der Waals surface area contributed by atoms with Gasteiger partial charge in [0.2, 0.25) is 21.8 Å². The van der Waals surface area contributed by atoms with Crippen molar-refractivity contribution in [2.24, 2.45) is 0 Å². The Labute approximate surface area is 147 Å². The zero-order valence-corrected chi connectivity index (χ0v) is 15.2. The molecule has 2 amide bonds. The van der Waals surface area contributed by atoms with Gasteiger partial charge >= 0.3 is 0 Å². The molecule has 1 aromatic carbocycles. The molecule has 1 heterocycles. The van der Waals surface area contributed by atoms with Crippen LogP contribution in [0.4, 0.5) is 0 Å². The van der Waals surface area contributed by atoms with Gasteiger partial charge in [-0.05, 0) is 31.2 Å². The number of amides is 2.